The van der Waals surface area contributed by atoms with Gasteiger partial charge in [0.1, 0.15) is 5.75 Å². The Morgan fingerprint density at radius 1 is 1.37 bits per heavy atom. The molecule has 0 bridgehead atoms. The molecule has 19 heavy (non-hydrogen) atoms. The van der Waals surface area contributed by atoms with E-state index in [4.69, 9.17) is 9.84 Å². The minimum Gasteiger partial charge on any atom is -0.508 e. The molecule has 1 aromatic rings. The van der Waals surface area contributed by atoms with Crippen LogP contribution < -0.4 is 5.32 Å². The first-order valence-corrected chi connectivity index (χ1v) is 6.32. The summed E-state index contributed by atoms with van der Waals surface area (Å²) >= 11 is 0. The number of carbonyl (C=O) groups excluding carboxylic acids is 2. The fourth-order valence-corrected chi connectivity index (χ4v) is 1.62. The van der Waals surface area contributed by atoms with Crippen LogP contribution in [0.2, 0.25) is 0 Å². The molecule has 1 aliphatic rings. The summed E-state index contributed by atoms with van der Waals surface area (Å²) in [5.41, 5.74) is 0.734. The number of aromatic hydroxyl groups is 1. The van der Waals surface area contributed by atoms with Crippen molar-refractivity contribution in [3.63, 3.8) is 0 Å². The van der Waals surface area contributed by atoms with Crippen molar-refractivity contribution < 1.29 is 19.4 Å². The van der Waals surface area contributed by atoms with Gasteiger partial charge in [0.25, 0.3) is 5.91 Å². The van der Waals surface area contributed by atoms with Gasteiger partial charge >= 0.3 is 5.97 Å². The van der Waals surface area contributed by atoms with Gasteiger partial charge in [0, 0.05) is 6.04 Å². The van der Waals surface area contributed by atoms with Crippen molar-refractivity contribution in [1.82, 2.24) is 5.32 Å². The number of rotatable bonds is 5. The molecule has 0 radical (unpaired) electrons. The van der Waals surface area contributed by atoms with Crippen LogP contribution in [0.5, 0.6) is 5.75 Å². The van der Waals surface area contributed by atoms with Gasteiger partial charge in [-0.3, -0.25) is 9.59 Å². The number of amides is 1. The number of ether oxygens (including phenoxy) is 1. The monoisotopic (exact) mass is 263 g/mol. The highest BCUT2D eigenvalue weighted by Gasteiger charge is 2.27. The predicted octanol–water partition coefficient (Wildman–Crippen LogP) is 1.14. The Balaban J connectivity index is 1.79. The molecule has 0 aliphatic heterocycles. The average Bonchev–Trinajstić information content (AvgIpc) is 3.16. The van der Waals surface area contributed by atoms with E-state index in [0.717, 1.165) is 18.4 Å². The van der Waals surface area contributed by atoms with Crippen LogP contribution in [0.25, 0.3) is 0 Å². The number of carbonyl (C=O) groups is 2. The fourth-order valence-electron chi connectivity index (χ4n) is 1.62. The Kier molecular flexibility index (Phi) is 4.04. The summed E-state index contributed by atoms with van der Waals surface area (Å²) in [4.78, 5) is 23.3. The third-order valence-corrected chi connectivity index (χ3v) is 2.89. The maximum atomic E-state index is 11.6. The minimum atomic E-state index is -0.773. The highest BCUT2D eigenvalue weighted by atomic mass is 16.5. The van der Waals surface area contributed by atoms with Crippen LogP contribution in [-0.2, 0) is 20.7 Å². The zero-order valence-electron chi connectivity index (χ0n) is 10.8. The summed E-state index contributed by atoms with van der Waals surface area (Å²) in [6, 6.07) is 6.56. The van der Waals surface area contributed by atoms with E-state index < -0.39 is 12.1 Å². The normalized spacial score (nSPS) is 15.6. The number of hydrogen-bond donors (Lipinski definition) is 2. The number of esters is 1. The summed E-state index contributed by atoms with van der Waals surface area (Å²) in [5.74, 6) is -0.556. The second-order valence-corrected chi connectivity index (χ2v) is 4.76. The zero-order chi connectivity index (χ0) is 13.8. The lowest BCUT2D eigenvalue weighted by Crippen LogP contribution is -2.37. The molecule has 1 aliphatic carbocycles. The quantitative estimate of drug-likeness (QED) is 0.781. The van der Waals surface area contributed by atoms with Crippen LogP contribution in [0, 0.1) is 0 Å². The topological polar surface area (TPSA) is 75.6 Å². The number of benzene rings is 1. The Hall–Kier alpha value is -2.04. The van der Waals surface area contributed by atoms with E-state index in [1.165, 1.54) is 12.1 Å². The first kappa shape index (κ1) is 13.4. The maximum absolute atomic E-state index is 11.6. The molecule has 0 saturated heterocycles. The molecule has 1 atom stereocenters. The van der Waals surface area contributed by atoms with Gasteiger partial charge in [-0.05, 0) is 37.5 Å². The molecule has 2 rings (SSSR count). The SMILES string of the molecule is C[C@H](OC(=O)Cc1ccc(O)cc1)C(=O)NC1CC1. The van der Waals surface area contributed by atoms with Crippen molar-refractivity contribution >= 4 is 11.9 Å². The van der Waals surface area contributed by atoms with E-state index in [2.05, 4.69) is 5.32 Å². The smallest absolute Gasteiger partial charge is 0.311 e. The van der Waals surface area contributed by atoms with E-state index in [-0.39, 0.29) is 24.1 Å². The van der Waals surface area contributed by atoms with E-state index in [0.29, 0.717) is 0 Å². The first-order valence-electron chi connectivity index (χ1n) is 6.32. The van der Waals surface area contributed by atoms with Gasteiger partial charge in [0.15, 0.2) is 6.10 Å². The van der Waals surface area contributed by atoms with E-state index in [9.17, 15) is 9.59 Å². The molecule has 1 fully saturated rings. The van der Waals surface area contributed by atoms with Gasteiger partial charge in [-0.25, -0.2) is 0 Å². The molecular weight excluding hydrogens is 246 g/mol. The molecule has 0 aromatic heterocycles. The number of phenolic OH excluding ortho intramolecular Hbond substituents is 1. The molecule has 5 heteroatoms. The zero-order valence-corrected chi connectivity index (χ0v) is 10.8. The lowest BCUT2D eigenvalue weighted by Gasteiger charge is -2.13. The second kappa shape index (κ2) is 5.73. The molecular formula is C14H17NO4. The molecule has 102 valence electrons. The van der Waals surface area contributed by atoms with Crippen LogP contribution in [0.4, 0.5) is 0 Å². The Morgan fingerprint density at radius 2 is 2.00 bits per heavy atom. The minimum absolute atomic E-state index is 0.0847. The number of hydrogen-bond acceptors (Lipinski definition) is 4. The molecule has 1 aromatic carbocycles. The molecule has 1 saturated carbocycles. The van der Waals surface area contributed by atoms with Crippen LogP contribution in [0.3, 0.4) is 0 Å². The van der Waals surface area contributed by atoms with E-state index >= 15 is 0 Å². The maximum Gasteiger partial charge on any atom is 0.311 e. The molecule has 0 unspecified atom stereocenters. The molecule has 0 heterocycles. The van der Waals surface area contributed by atoms with Crippen molar-refractivity contribution in [2.45, 2.75) is 38.3 Å². The van der Waals surface area contributed by atoms with Crippen molar-refractivity contribution in [3.8, 4) is 5.75 Å². The Labute approximate surface area is 111 Å². The van der Waals surface area contributed by atoms with Crippen LogP contribution in [0.15, 0.2) is 24.3 Å². The summed E-state index contributed by atoms with van der Waals surface area (Å²) in [6.07, 6.45) is 1.31. The number of phenols is 1. The molecule has 5 nitrogen and oxygen atoms in total. The molecule has 2 N–H and O–H groups in total. The third-order valence-electron chi connectivity index (χ3n) is 2.89. The van der Waals surface area contributed by atoms with Crippen molar-refractivity contribution in [2.75, 3.05) is 0 Å². The largest absolute Gasteiger partial charge is 0.508 e. The average molecular weight is 263 g/mol. The summed E-state index contributed by atoms with van der Waals surface area (Å²) in [7, 11) is 0. The van der Waals surface area contributed by atoms with Crippen LogP contribution >= 0.6 is 0 Å². The highest BCUT2D eigenvalue weighted by Crippen LogP contribution is 2.19. The summed E-state index contributed by atoms with van der Waals surface area (Å²) in [5, 5.41) is 11.9. The predicted molar refractivity (Wildman–Crippen MR) is 68.5 cm³/mol. The van der Waals surface area contributed by atoms with Crippen LogP contribution in [-0.4, -0.2) is 29.1 Å². The van der Waals surface area contributed by atoms with Crippen LogP contribution in [0.1, 0.15) is 25.3 Å². The van der Waals surface area contributed by atoms with Gasteiger partial charge in [-0.15, -0.1) is 0 Å². The fraction of sp³-hybridized carbons (Fsp3) is 0.429. The van der Waals surface area contributed by atoms with Crippen molar-refractivity contribution in [3.05, 3.63) is 29.8 Å². The van der Waals surface area contributed by atoms with Crippen molar-refractivity contribution in [2.24, 2.45) is 0 Å². The van der Waals surface area contributed by atoms with Gasteiger partial charge in [0.2, 0.25) is 0 Å². The van der Waals surface area contributed by atoms with E-state index in [1.54, 1.807) is 19.1 Å². The third kappa shape index (κ3) is 4.28. The van der Waals surface area contributed by atoms with E-state index in [1.807, 2.05) is 0 Å². The summed E-state index contributed by atoms with van der Waals surface area (Å²) < 4.78 is 5.06. The van der Waals surface area contributed by atoms with Gasteiger partial charge in [-0.2, -0.15) is 0 Å². The molecule has 1 amide bonds. The highest BCUT2D eigenvalue weighted by molar-refractivity contribution is 5.84. The lowest BCUT2D eigenvalue weighted by molar-refractivity contribution is -0.154. The molecule has 0 spiro atoms. The lowest BCUT2D eigenvalue weighted by atomic mass is 10.1. The Bertz CT molecular complexity index is 465. The second-order valence-electron chi connectivity index (χ2n) is 4.76. The Morgan fingerprint density at radius 3 is 2.58 bits per heavy atom. The number of nitrogens with one attached hydrogen (secondary N) is 1. The van der Waals surface area contributed by atoms with Crippen molar-refractivity contribution in [1.29, 1.82) is 0 Å². The van der Waals surface area contributed by atoms with Gasteiger partial charge < -0.3 is 15.2 Å². The summed E-state index contributed by atoms with van der Waals surface area (Å²) in [6.45, 7) is 1.56. The van der Waals surface area contributed by atoms with Gasteiger partial charge in [-0.1, -0.05) is 12.1 Å². The van der Waals surface area contributed by atoms with Gasteiger partial charge in [0.05, 0.1) is 6.42 Å². The first-order chi connectivity index (χ1) is 9.04. The standard InChI is InChI=1S/C14H17NO4/c1-9(14(18)15-11-4-5-11)19-13(17)8-10-2-6-12(16)7-3-10/h2-3,6-7,9,11,16H,4-5,8H2,1H3,(H,15,18)/t9-/m0/s1.